The van der Waals surface area contributed by atoms with Gasteiger partial charge in [-0.2, -0.15) is 0 Å². The topological polar surface area (TPSA) is 91.3 Å². The lowest BCUT2D eigenvalue weighted by Crippen LogP contribution is -2.07. The van der Waals surface area contributed by atoms with Crippen LogP contribution in [-0.4, -0.2) is 22.0 Å². The molecule has 0 aliphatic heterocycles. The summed E-state index contributed by atoms with van der Waals surface area (Å²) in [6.07, 6.45) is 1.33. The molecule has 0 radical (unpaired) electrons. The van der Waals surface area contributed by atoms with E-state index in [0.29, 0.717) is 12.2 Å². The summed E-state index contributed by atoms with van der Waals surface area (Å²) in [5, 5.41) is 14.7. The van der Waals surface area contributed by atoms with Crippen molar-refractivity contribution < 1.29 is 14.7 Å². The number of anilines is 2. The number of carboxylic acid groups (broad SMARTS) is 1. The van der Waals surface area contributed by atoms with Crippen LogP contribution in [0.3, 0.4) is 0 Å². The molecule has 0 aliphatic carbocycles. The molecule has 1 amide bonds. The van der Waals surface area contributed by atoms with E-state index in [2.05, 4.69) is 15.6 Å². The van der Waals surface area contributed by atoms with Crippen molar-refractivity contribution in [2.24, 2.45) is 0 Å². The van der Waals surface area contributed by atoms with Crippen LogP contribution < -0.4 is 10.6 Å². The van der Waals surface area contributed by atoms with Gasteiger partial charge in [0.2, 0.25) is 5.91 Å². The van der Waals surface area contributed by atoms with Gasteiger partial charge < -0.3 is 15.7 Å². The zero-order valence-electron chi connectivity index (χ0n) is 11.5. The van der Waals surface area contributed by atoms with Crippen molar-refractivity contribution >= 4 is 23.3 Å². The number of aromatic carboxylic acids is 1. The molecule has 0 unspecified atom stereocenters. The van der Waals surface area contributed by atoms with Crippen LogP contribution in [0, 0.1) is 0 Å². The molecule has 2 aromatic rings. The predicted molar refractivity (Wildman–Crippen MR) is 79.3 cm³/mol. The Hall–Kier alpha value is -2.89. The zero-order chi connectivity index (χ0) is 15.2. The van der Waals surface area contributed by atoms with Gasteiger partial charge in [-0.1, -0.05) is 6.07 Å². The largest absolute Gasteiger partial charge is 0.478 e. The van der Waals surface area contributed by atoms with Crippen molar-refractivity contribution in [2.45, 2.75) is 13.5 Å². The van der Waals surface area contributed by atoms with Gasteiger partial charge >= 0.3 is 5.97 Å². The smallest absolute Gasteiger partial charge is 0.337 e. The summed E-state index contributed by atoms with van der Waals surface area (Å²) in [5.74, 6) is -1.12. The van der Waals surface area contributed by atoms with E-state index in [4.69, 9.17) is 5.11 Å². The van der Waals surface area contributed by atoms with Crippen LogP contribution in [-0.2, 0) is 11.3 Å². The first-order chi connectivity index (χ1) is 10.0. The minimum Gasteiger partial charge on any atom is -0.478 e. The van der Waals surface area contributed by atoms with Gasteiger partial charge in [-0.3, -0.25) is 9.78 Å². The molecular formula is C15H15N3O3. The number of hydrogen-bond acceptors (Lipinski definition) is 4. The van der Waals surface area contributed by atoms with E-state index in [-0.39, 0.29) is 11.5 Å². The van der Waals surface area contributed by atoms with E-state index in [9.17, 15) is 9.59 Å². The van der Waals surface area contributed by atoms with Crippen LogP contribution in [0.15, 0.2) is 42.6 Å². The maximum atomic E-state index is 11.0. The lowest BCUT2D eigenvalue weighted by molar-refractivity contribution is -0.114. The molecule has 0 spiro atoms. The maximum absolute atomic E-state index is 11.0. The van der Waals surface area contributed by atoms with Crippen molar-refractivity contribution in [3.63, 3.8) is 0 Å². The fourth-order valence-corrected chi connectivity index (χ4v) is 1.76. The summed E-state index contributed by atoms with van der Waals surface area (Å²) < 4.78 is 0. The van der Waals surface area contributed by atoms with Gasteiger partial charge in [0, 0.05) is 24.5 Å². The highest BCUT2D eigenvalue weighted by Gasteiger charge is 2.03. The van der Waals surface area contributed by atoms with E-state index in [1.807, 2.05) is 18.2 Å². The van der Waals surface area contributed by atoms with Crippen molar-refractivity contribution in [3.8, 4) is 0 Å². The van der Waals surface area contributed by atoms with E-state index < -0.39 is 5.97 Å². The number of carbonyl (C=O) groups excluding carboxylic acids is 1. The summed E-state index contributed by atoms with van der Waals surface area (Å²) in [7, 11) is 0. The predicted octanol–water partition coefficient (Wildman–Crippen LogP) is 2.35. The van der Waals surface area contributed by atoms with Gasteiger partial charge in [0.15, 0.2) is 0 Å². The molecule has 2 rings (SSSR count). The number of pyridine rings is 1. The van der Waals surface area contributed by atoms with Gasteiger partial charge in [-0.25, -0.2) is 4.79 Å². The fourth-order valence-electron chi connectivity index (χ4n) is 1.76. The number of aromatic nitrogens is 1. The lowest BCUT2D eigenvalue weighted by Gasteiger charge is -2.08. The molecular weight excluding hydrogens is 270 g/mol. The van der Waals surface area contributed by atoms with E-state index in [1.54, 1.807) is 12.1 Å². The molecule has 1 aromatic heterocycles. The Morgan fingerprint density at radius 1 is 1.19 bits per heavy atom. The third-order valence-corrected chi connectivity index (χ3v) is 2.73. The molecule has 0 saturated heterocycles. The summed E-state index contributed by atoms with van der Waals surface area (Å²) in [6, 6.07) is 10.5. The molecule has 0 fully saturated rings. The summed E-state index contributed by atoms with van der Waals surface area (Å²) in [4.78, 5) is 25.8. The molecule has 1 heterocycles. The fraction of sp³-hybridized carbons (Fsp3) is 0.133. The molecule has 6 heteroatoms. The lowest BCUT2D eigenvalue weighted by atomic mass is 10.2. The van der Waals surface area contributed by atoms with Crippen molar-refractivity contribution in [2.75, 3.05) is 10.6 Å². The Morgan fingerprint density at radius 3 is 2.57 bits per heavy atom. The van der Waals surface area contributed by atoms with Crippen LogP contribution >= 0.6 is 0 Å². The molecule has 0 saturated carbocycles. The second-order valence-electron chi connectivity index (χ2n) is 4.46. The molecule has 108 valence electrons. The van der Waals surface area contributed by atoms with Gasteiger partial charge in [-0.05, 0) is 30.3 Å². The Labute approximate surface area is 121 Å². The number of rotatable bonds is 5. The van der Waals surface area contributed by atoms with E-state index in [1.165, 1.54) is 19.2 Å². The molecule has 3 N–H and O–H groups in total. The van der Waals surface area contributed by atoms with Crippen LogP contribution in [0.2, 0.25) is 0 Å². The first kappa shape index (κ1) is 14.5. The highest BCUT2D eigenvalue weighted by Crippen LogP contribution is 2.15. The van der Waals surface area contributed by atoms with Crippen molar-refractivity contribution in [1.29, 1.82) is 0 Å². The summed E-state index contributed by atoms with van der Waals surface area (Å²) in [5.41, 5.74) is 2.43. The van der Waals surface area contributed by atoms with Crippen LogP contribution in [0.5, 0.6) is 0 Å². The number of hydrogen-bond donors (Lipinski definition) is 3. The maximum Gasteiger partial charge on any atom is 0.337 e. The quantitative estimate of drug-likeness (QED) is 0.784. The number of benzene rings is 1. The first-order valence-corrected chi connectivity index (χ1v) is 6.34. The van der Waals surface area contributed by atoms with Crippen LogP contribution in [0.4, 0.5) is 11.4 Å². The zero-order valence-corrected chi connectivity index (χ0v) is 11.5. The Kier molecular flexibility index (Phi) is 4.50. The molecule has 1 aromatic carbocycles. The Bertz CT molecular complexity index is 653. The highest BCUT2D eigenvalue weighted by atomic mass is 16.4. The number of carbonyl (C=O) groups is 2. The number of nitrogens with one attached hydrogen (secondary N) is 2. The highest BCUT2D eigenvalue weighted by molar-refractivity contribution is 5.89. The molecule has 0 aliphatic rings. The Balaban J connectivity index is 1.99. The van der Waals surface area contributed by atoms with E-state index >= 15 is 0 Å². The molecule has 21 heavy (non-hydrogen) atoms. The third-order valence-electron chi connectivity index (χ3n) is 2.73. The molecule has 0 atom stereocenters. The second kappa shape index (κ2) is 6.51. The number of amides is 1. The van der Waals surface area contributed by atoms with Gasteiger partial charge in [0.25, 0.3) is 0 Å². The van der Waals surface area contributed by atoms with Gasteiger partial charge in [0.05, 0.1) is 17.8 Å². The van der Waals surface area contributed by atoms with Gasteiger partial charge in [-0.15, -0.1) is 0 Å². The van der Waals surface area contributed by atoms with E-state index in [0.717, 1.165) is 11.4 Å². The van der Waals surface area contributed by atoms with Gasteiger partial charge in [0.1, 0.15) is 0 Å². The van der Waals surface area contributed by atoms with Crippen LogP contribution in [0.25, 0.3) is 0 Å². The minimum absolute atomic E-state index is 0.127. The van der Waals surface area contributed by atoms with Crippen molar-refractivity contribution in [3.05, 3.63) is 53.9 Å². The first-order valence-electron chi connectivity index (χ1n) is 6.34. The normalized spacial score (nSPS) is 9.95. The standard InChI is InChI=1S/C15H15N3O3/c1-10(19)18-13-4-2-3-12(7-13)17-9-14-6-5-11(8-16-14)15(20)21/h2-8,17H,9H2,1H3,(H,18,19)(H,20,21). The summed E-state index contributed by atoms with van der Waals surface area (Å²) in [6.45, 7) is 1.91. The average Bonchev–Trinajstić information content (AvgIpc) is 2.45. The number of nitrogens with zero attached hydrogens (tertiary/aromatic N) is 1. The molecule has 6 nitrogen and oxygen atoms in total. The second-order valence-corrected chi connectivity index (χ2v) is 4.46. The SMILES string of the molecule is CC(=O)Nc1cccc(NCc2ccc(C(=O)O)cn2)c1. The van der Waals surface area contributed by atoms with Crippen molar-refractivity contribution in [1.82, 2.24) is 4.98 Å². The molecule has 0 bridgehead atoms. The number of carboxylic acids is 1. The third kappa shape index (κ3) is 4.31. The average molecular weight is 285 g/mol. The Morgan fingerprint density at radius 2 is 1.95 bits per heavy atom. The summed E-state index contributed by atoms with van der Waals surface area (Å²) >= 11 is 0. The van der Waals surface area contributed by atoms with Crippen LogP contribution in [0.1, 0.15) is 23.0 Å². The monoisotopic (exact) mass is 285 g/mol. The minimum atomic E-state index is -0.995.